The van der Waals surface area contributed by atoms with Crippen molar-refractivity contribution in [3.8, 4) is 28.7 Å². The molecule has 0 fully saturated rings. The Morgan fingerprint density at radius 1 is 0.967 bits per heavy atom. The van der Waals surface area contributed by atoms with Crippen LogP contribution in [0.4, 0.5) is 11.5 Å². The van der Waals surface area contributed by atoms with Crippen molar-refractivity contribution < 1.29 is 4.42 Å². The zero-order chi connectivity index (χ0) is 20.8. The fourth-order valence-corrected chi connectivity index (χ4v) is 3.86. The molecule has 0 aliphatic heterocycles. The number of nitriles is 1. The summed E-state index contributed by atoms with van der Waals surface area (Å²) in [7, 11) is 0. The van der Waals surface area contributed by atoms with Gasteiger partial charge in [-0.2, -0.15) is 5.26 Å². The highest BCUT2D eigenvalue weighted by atomic mass is 35.5. The van der Waals surface area contributed by atoms with Gasteiger partial charge in [0.1, 0.15) is 28.7 Å². The molecule has 0 saturated carbocycles. The quantitative estimate of drug-likeness (QED) is 0.371. The molecule has 6 heteroatoms. The number of nitrogens with zero attached hydrogens (tertiary/aromatic N) is 2. The number of halogens is 1. The molecule has 5 aromatic rings. The van der Waals surface area contributed by atoms with Crippen LogP contribution in [-0.2, 0) is 0 Å². The van der Waals surface area contributed by atoms with Crippen LogP contribution in [0.2, 0.25) is 5.02 Å². The van der Waals surface area contributed by atoms with E-state index >= 15 is 0 Å². The molecule has 0 aliphatic rings. The van der Waals surface area contributed by atoms with Crippen molar-refractivity contribution in [1.82, 2.24) is 4.98 Å². The summed E-state index contributed by atoms with van der Waals surface area (Å²) < 4.78 is 6.08. The van der Waals surface area contributed by atoms with Crippen LogP contribution in [0.1, 0.15) is 5.56 Å². The number of nitrogens with two attached hydrogens (primary N) is 2. The largest absolute Gasteiger partial charge is 0.452 e. The smallest absolute Gasteiger partial charge is 0.176 e. The summed E-state index contributed by atoms with van der Waals surface area (Å²) >= 11 is 6.01. The number of rotatable bonds is 2. The lowest BCUT2D eigenvalue weighted by Gasteiger charge is -2.09. The minimum atomic E-state index is 0.115. The lowest BCUT2D eigenvalue weighted by Crippen LogP contribution is -2.00. The van der Waals surface area contributed by atoms with Gasteiger partial charge < -0.3 is 15.9 Å². The highest BCUT2D eigenvalue weighted by Crippen LogP contribution is 2.41. The molecule has 144 valence electrons. The third-order valence-electron chi connectivity index (χ3n) is 5.16. The fourth-order valence-electron chi connectivity index (χ4n) is 3.74. The van der Waals surface area contributed by atoms with Crippen LogP contribution in [0.5, 0.6) is 0 Å². The lowest BCUT2D eigenvalue weighted by molar-refractivity contribution is 0.630. The molecule has 30 heavy (non-hydrogen) atoms. The molecule has 4 N–H and O–H groups in total. The highest BCUT2D eigenvalue weighted by Gasteiger charge is 2.20. The van der Waals surface area contributed by atoms with E-state index in [4.69, 9.17) is 27.5 Å². The summed E-state index contributed by atoms with van der Waals surface area (Å²) in [6, 6.07) is 22.9. The minimum absolute atomic E-state index is 0.115. The fraction of sp³-hybridized carbons (Fsp3) is 0. The molecule has 0 saturated heterocycles. The van der Waals surface area contributed by atoms with Gasteiger partial charge in [-0.3, -0.25) is 0 Å². The molecular formula is C24H15ClN4O. The van der Waals surface area contributed by atoms with Gasteiger partial charge in [0.25, 0.3) is 0 Å². The van der Waals surface area contributed by atoms with Crippen LogP contribution in [0, 0.1) is 11.3 Å². The standard InChI is InChI=1S/C24H15ClN4O/c25-15-8-5-14(6-9-15)17-11-19(29-24(28)18(17)12-26)23-22(27)21-16-4-2-1-3-13(16)7-10-20(21)30-23/h1-11H,27H2,(H2,28,29). The first kappa shape index (κ1) is 18.0. The molecule has 3 aromatic carbocycles. The predicted molar refractivity (Wildman–Crippen MR) is 121 cm³/mol. The number of aromatic nitrogens is 1. The first-order valence-corrected chi connectivity index (χ1v) is 9.61. The summed E-state index contributed by atoms with van der Waals surface area (Å²) in [5.41, 5.74) is 16.0. The average molecular weight is 411 g/mol. The maximum atomic E-state index is 9.62. The Hall–Kier alpha value is -4.01. The summed E-state index contributed by atoms with van der Waals surface area (Å²) in [5.74, 6) is 0.539. The van der Waals surface area contributed by atoms with Gasteiger partial charge in [-0.05, 0) is 40.6 Å². The van der Waals surface area contributed by atoms with E-state index in [1.807, 2.05) is 48.5 Å². The van der Waals surface area contributed by atoms with Crippen LogP contribution < -0.4 is 11.5 Å². The van der Waals surface area contributed by atoms with Crippen LogP contribution >= 0.6 is 11.6 Å². The summed E-state index contributed by atoms with van der Waals surface area (Å²) in [6.07, 6.45) is 0. The van der Waals surface area contributed by atoms with Gasteiger partial charge in [0.15, 0.2) is 5.76 Å². The summed E-state index contributed by atoms with van der Waals surface area (Å²) in [4.78, 5) is 4.41. The molecule has 0 spiro atoms. The number of fused-ring (bicyclic) bond motifs is 3. The number of nitrogen functional groups attached to an aromatic ring is 2. The van der Waals surface area contributed by atoms with Crippen molar-refractivity contribution >= 4 is 44.8 Å². The van der Waals surface area contributed by atoms with Crippen molar-refractivity contribution in [3.63, 3.8) is 0 Å². The van der Waals surface area contributed by atoms with E-state index < -0.39 is 0 Å². The second kappa shape index (κ2) is 6.80. The maximum absolute atomic E-state index is 9.62. The zero-order valence-electron chi connectivity index (χ0n) is 15.7. The molecule has 0 atom stereocenters. The Kier molecular flexibility index (Phi) is 4.09. The molecule has 0 amide bonds. The molecule has 0 unspecified atom stereocenters. The number of anilines is 2. The van der Waals surface area contributed by atoms with Crippen molar-refractivity contribution in [1.29, 1.82) is 5.26 Å². The highest BCUT2D eigenvalue weighted by molar-refractivity contribution is 6.30. The number of hydrogen-bond donors (Lipinski definition) is 2. The van der Waals surface area contributed by atoms with Gasteiger partial charge in [-0.1, -0.05) is 54.1 Å². The van der Waals surface area contributed by atoms with Crippen LogP contribution in [0.3, 0.4) is 0 Å². The third-order valence-corrected chi connectivity index (χ3v) is 5.42. The Morgan fingerprint density at radius 3 is 2.50 bits per heavy atom. The lowest BCUT2D eigenvalue weighted by atomic mass is 9.99. The van der Waals surface area contributed by atoms with Gasteiger partial charge in [-0.25, -0.2) is 4.98 Å². The van der Waals surface area contributed by atoms with Crippen molar-refractivity contribution in [2.45, 2.75) is 0 Å². The van der Waals surface area contributed by atoms with Crippen LogP contribution in [0.25, 0.3) is 44.3 Å². The minimum Gasteiger partial charge on any atom is -0.452 e. The molecule has 2 heterocycles. The Morgan fingerprint density at radius 2 is 1.73 bits per heavy atom. The van der Waals surface area contributed by atoms with Crippen LogP contribution in [-0.4, -0.2) is 4.98 Å². The number of furan rings is 1. The number of pyridine rings is 1. The Balaban J connectivity index is 1.78. The second-order valence-electron chi connectivity index (χ2n) is 6.94. The third kappa shape index (κ3) is 2.74. The van der Waals surface area contributed by atoms with Gasteiger partial charge in [0, 0.05) is 10.6 Å². The Bertz CT molecular complexity index is 1480. The first-order chi connectivity index (χ1) is 14.6. The van der Waals surface area contributed by atoms with E-state index in [2.05, 4.69) is 11.1 Å². The van der Waals surface area contributed by atoms with Crippen molar-refractivity contribution in [3.05, 3.63) is 77.3 Å². The summed E-state index contributed by atoms with van der Waals surface area (Å²) in [5, 5.41) is 13.1. The molecule has 5 nitrogen and oxygen atoms in total. The number of hydrogen-bond acceptors (Lipinski definition) is 5. The molecule has 5 rings (SSSR count). The van der Waals surface area contributed by atoms with E-state index in [-0.39, 0.29) is 5.82 Å². The van der Waals surface area contributed by atoms with E-state index in [0.717, 1.165) is 21.7 Å². The molecule has 0 aliphatic carbocycles. The van der Waals surface area contributed by atoms with E-state index in [1.54, 1.807) is 18.2 Å². The van der Waals surface area contributed by atoms with E-state index in [9.17, 15) is 5.26 Å². The average Bonchev–Trinajstić information content (AvgIpc) is 3.11. The SMILES string of the molecule is N#Cc1c(-c2ccc(Cl)cc2)cc(-c2oc3ccc4ccccc4c3c2N)nc1N. The topological polar surface area (TPSA) is 102 Å². The van der Waals surface area contributed by atoms with Crippen LogP contribution in [0.15, 0.2) is 71.1 Å². The summed E-state index contributed by atoms with van der Waals surface area (Å²) in [6.45, 7) is 0. The normalized spacial score (nSPS) is 11.1. The first-order valence-electron chi connectivity index (χ1n) is 9.23. The number of benzene rings is 3. The van der Waals surface area contributed by atoms with Gasteiger partial charge >= 0.3 is 0 Å². The second-order valence-corrected chi connectivity index (χ2v) is 7.38. The maximum Gasteiger partial charge on any atom is 0.176 e. The van der Waals surface area contributed by atoms with Crippen molar-refractivity contribution in [2.24, 2.45) is 0 Å². The van der Waals surface area contributed by atoms with E-state index in [0.29, 0.717) is 38.9 Å². The molecule has 0 bridgehead atoms. The zero-order valence-corrected chi connectivity index (χ0v) is 16.4. The monoisotopic (exact) mass is 410 g/mol. The molecular weight excluding hydrogens is 396 g/mol. The van der Waals surface area contributed by atoms with Gasteiger partial charge in [0.05, 0.1) is 11.1 Å². The van der Waals surface area contributed by atoms with E-state index in [1.165, 1.54) is 0 Å². The molecule has 2 aromatic heterocycles. The van der Waals surface area contributed by atoms with Crippen molar-refractivity contribution in [2.75, 3.05) is 11.5 Å². The van der Waals surface area contributed by atoms with Gasteiger partial charge in [-0.15, -0.1) is 0 Å². The predicted octanol–water partition coefficient (Wildman–Crippen LogP) is 6.00. The molecule has 0 radical (unpaired) electrons. The Labute approximate surface area is 177 Å². The van der Waals surface area contributed by atoms with Gasteiger partial charge in [0.2, 0.25) is 0 Å².